The predicted molar refractivity (Wildman–Crippen MR) is 109 cm³/mol. The fraction of sp³-hybridized carbons (Fsp3) is 0.250. The highest BCUT2D eigenvalue weighted by Crippen LogP contribution is 2.13. The van der Waals surface area contributed by atoms with Crippen molar-refractivity contribution in [1.29, 1.82) is 0 Å². The van der Waals surface area contributed by atoms with E-state index in [1.54, 1.807) is 55.4 Å². The maximum atomic E-state index is 13.5. The molecule has 0 aromatic heterocycles. The number of halogens is 1. The number of hydrogen-bond donors (Lipinski definition) is 2. The molecule has 2 N–H and O–H groups in total. The molecule has 28 heavy (non-hydrogen) atoms. The summed E-state index contributed by atoms with van der Waals surface area (Å²) in [6, 6.07) is 12.9. The van der Waals surface area contributed by atoms with Gasteiger partial charge in [0.15, 0.2) is 0 Å². The summed E-state index contributed by atoms with van der Waals surface area (Å²) < 4.78 is 13.5. The van der Waals surface area contributed by atoms with Gasteiger partial charge in [-0.25, -0.2) is 4.39 Å². The number of benzene rings is 2. The maximum Gasteiger partial charge on any atom is 0.251 e. The number of carbonyl (C=O) groups is 3. The SMILES string of the molecule is CNC(=O)c1ccc(CN(C)C(=O)CSCC(=O)Nc2ccccc2F)cc1. The van der Waals surface area contributed by atoms with Gasteiger partial charge in [0.1, 0.15) is 5.82 Å². The zero-order chi connectivity index (χ0) is 20.5. The van der Waals surface area contributed by atoms with E-state index in [-0.39, 0.29) is 34.9 Å². The molecule has 0 aliphatic rings. The molecule has 3 amide bonds. The molecular formula is C20H22FN3O3S. The van der Waals surface area contributed by atoms with Gasteiger partial charge in [-0.3, -0.25) is 14.4 Å². The number of anilines is 1. The molecule has 0 saturated heterocycles. The van der Waals surface area contributed by atoms with Crippen molar-refractivity contribution < 1.29 is 18.8 Å². The van der Waals surface area contributed by atoms with E-state index in [4.69, 9.17) is 0 Å². The maximum absolute atomic E-state index is 13.5. The van der Waals surface area contributed by atoms with E-state index in [0.29, 0.717) is 12.1 Å². The highest BCUT2D eigenvalue weighted by atomic mass is 32.2. The first kappa shape index (κ1) is 21.4. The summed E-state index contributed by atoms with van der Waals surface area (Å²) in [6.07, 6.45) is 0. The van der Waals surface area contributed by atoms with Crippen molar-refractivity contribution in [2.75, 3.05) is 30.9 Å². The minimum atomic E-state index is -0.501. The minimum absolute atomic E-state index is 0.0503. The van der Waals surface area contributed by atoms with Gasteiger partial charge in [0.05, 0.1) is 17.2 Å². The second-order valence-corrected chi connectivity index (χ2v) is 7.03. The molecule has 8 heteroatoms. The van der Waals surface area contributed by atoms with Gasteiger partial charge in [-0.15, -0.1) is 11.8 Å². The van der Waals surface area contributed by atoms with Gasteiger partial charge in [0, 0.05) is 26.2 Å². The van der Waals surface area contributed by atoms with E-state index in [0.717, 1.165) is 17.3 Å². The molecule has 2 aromatic rings. The molecule has 0 saturated carbocycles. The van der Waals surface area contributed by atoms with Crippen LogP contribution in [-0.4, -0.2) is 48.2 Å². The molecule has 0 fully saturated rings. The van der Waals surface area contributed by atoms with Crippen LogP contribution in [0.3, 0.4) is 0 Å². The van der Waals surface area contributed by atoms with Crippen LogP contribution in [0.25, 0.3) is 0 Å². The fourth-order valence-electron chi connectivity index (χ4n) is 2.36. The molecule has 0 heterocycles. The Labute approximate surface area is 167 Å². The third kappa shape index (κ3) is 6.38. The second-order valence-electron chi connectivity index (χ2n) is 6.05. The van der Waals surface area contributed by atoms with Crippen molar-refractivity contribution >= 4 is 35.2 Å². The summed E-state index contributed by atoms with van der Waals surface area (Å²) in [5.74, 6) is -0.971. The van der Waals surface area contributed by atoms with Gasteiger partial charge in [-0.2, -0.15) is 0 Å². The Morgan fingerprint density at radius 2 is 1.71 bits per heavy atom. The lowest BCUT2D eigenvalue weighted by molar-refractivity contribution is -0.127. The third-order valence-corrected chi connectivity index (χ3v) is 4.81. The van der Waals surface area contributed by atoms with E-state index in [2.05, 4.69) is 10.6 Å². The predicted octanol–water partition coefficient (Wildman–Crippen LogP) is 2.52. The highest BCUT2D eigenvalue weighted by Gasteiger charge is 2.12. The summed E-state index contributed by atoms with van der Waals surface area (Å²) in [5.41, 5.74) is 1.57. The van der Waals surface area contributed by atoms with Crippen LogP contribution in [-0.2, 0) is 16.1 Å². The van der Waals surface area contributed by atoms with Crippen LogP contribution in [0.15, 0.2) is 48.5 Å². The summed E-state index contributed by atoms with van der Waals surface area (Å²) >= 11 is 1.16. The molecule has 148 valence electrons. The lowest BCUT2D eigenvalue weighted by Crippen LogP contribution is -2.28. The lowest BCUT2D eigenvalue weighted by atomic mass is 10.1. The van der Waals surface area contributed by atoms with Gasteiger partial charge < -0.3 is 15.5 Å². The van der Waals surface area contributed by atoms with Crippen molar-refractivity contribution in [1.82, 2.24) is 10.2 Å². The first-order chi connectivity index (χ1) is 13.4. The number of carbonyl (C=O) groups excluding carboxylic acids is 3. The molecule has 0 bridgehead atoms. The quantitative estimate of drug-likeness (QED) is 0.710. The molecule has 0 spiro atoms. The largest absolute Gasteiger partial charge is 0.355 e. The minimum Gasteiger partial charge on any atom is -0.355 e. The first-order valence-corrected chi connectivity index (χ1v) is 9.73. The number of amides is 3. The third-order valence-electron chi connectivity index (χ3n) is 3.90. The average Bonchev–Trinajstić information content (AvgIpc) is 2.69. The first-order valence-electron chi connectivity index (χ1n) is 8.58. The smallest absolute Gasteiger partial charge is 0.251 e. The van der Waals surface area contributed by atoms with Crippen LogP contribution in [0, 0.1) is 5.82 Å². The molecule has 0 atom stereocenters. The number of nitrogens with zero attached hydrogens (tertiary/aromatic N) is 1. The van der Waals surface area contributed by atoms with Crippen LogP contribution < -0.4 is 10.6 Å². The topological polar surface area (TPSA) is 78.5 Å². The normalized spacial score (nSPS) is 10.2. The molecule has 0 aliphatic carbocycles. The summed E-state index contributed by atoms with van der Waals surface area (Å²) in [7, 11) is 3.24. The number of rotatable bonds is 8. The lowest BCUT2D eigenvalue weighted by Gasteiger charge is -2.17. The van der Waals surface area contributed by atoms with Gasteiger partial charge in [-0.05, 0) is 29.8 Å². The van der Waals surface area contributed by atoms with Gasteiger partial charge in [-0.1, -0.05) is 24.3 Å². The van der Waals surface area contributed by atoms with Crippen LogP contribution in [0.4, 0.5) is 10.1 Å². The number of thioether (sulfide) groups is 1. The van der Waals surface area contributed by atoms with Crippen molar-refractivity contribution in [2.24, 2.45) is 0 Å². The Hall–Kier alpha value is -2.87. The second kappa shape index (κ2) is 10.5. The molecule has 0 radical (unpaired) electrons. The molecular weight excluding hydrogens is 381 g/mol. The molecule has 0 unspecified atom stereocenters. The molecule has 2 rings (SSSR count). The van der Waals surface area contributed by atoms with E-state index in [1.165, 1.54) is 12.1 Å². The highest BCUT2D eigenvalue weighted by molar-refractivity contribution is 8.00. The molecule has 6 nitrogen and oxygen atoms in total. The van der Waals surface area contributed by atoms with E-state index in [9.17, 15) is 18.8 Å². The van der Waals surface area contributed by atoms with E-state index >= 15 is 0 Å². The van der Waals surface area contributed by atoms with Crippen molar-refractivity contribution in [2.45, 2.75) is 6.54 Å². The summed E-state index contributed by atoms with van der Waals surface area (Å²) in [6.45, 7) is 0.398. The van der Waals surface area contributed by atoms with E-state index in [1.807, 2.05) is 0 Å². The zero-order valence-corrected chi connectivity index (χ0v) is 16.5. The average molecular weight is 403 g/mol. The van der Waals surface area contributed by atoms with Gasteiger partial charge in [0.2, 0.25) is 11.8 Å². The zero-order valence-electron chi connectivity index (χ0n) is 15.7. The van der Waals surface area contributed by atoms with Crippen LogP contribution in [0.2, 0.25) is 0 Å². The van der Waals surface area contributed by atoms with Crippen molar-refractivity contribution in [3.8, 4) is 0 Å². The summed E-state index contributed by atoms with van der Waals surface area (Å²) in [5, 5.41) is 5.03. The number of hydrogen-bond acceptors (Lipinski definition) is 4. The standard InChI is InChI=1S/C20H22FN3O3S/c1-22-20(27)15-9-7-14(8-10-15)11-24(2)19(26)13-28-12-18(25)23-17-6-4-3-5-16(17)21/h3-10H,11-13H2,1-2H3,(H,22,27)(H,23,25). The summed E-state index contributed by atoms with van der Waals surface area (Å²) in [4.78, 5) is 37.2. The Kier molecular flexibility index (Phi) is 8.01. The van der Waals surface area contributed by atoms with Crippen molar-refractivity contribution in [3.63, 3.8) is 0 Å². The number of nitrogens with one attached hydrogen (secondary N) is 2. The Morgan fingerprint density at radius 1 is 1.04 bits per heavy atom. The Bertz CT molecular complexity index is 843. The molecule has 2 aromatic carbocycles. The van der Waals surface area contributed by atoms with Gasteiger partial charge >= 0.3 is 0 Å². The number of para-hydroxylation sites is 1. The molecule has 0 aliphatic heterocycles. The van der Waals surface area contributed by atoms with Crippen LogP contribution in [0.5, 0.6) is 0 Å². The fourth-order valence-corrected chi connectivity index (χ4v) is 3.11. The van der Waals surface area contributed by atoms with Gasteiger partial charge in [0.25, 0.3) is 5.91 Å². The van der Waals surface area contributed by atoms with Crippen LogP contribution >= 0.6 is 11.8 Å². The van der Waals surface area contributed by atoms with E-state index < -0.39 is 5.82 Å². The Morgan fingerprint density at radius 3 is 2.36 bits per heavy atom. The monoisotopic (exact) mass is 403 g/mol. The van der Waals surface area contributed by atoms with Crippen molar-refractivity contribution in [3.05, 3.63) is 65.5 Å². The Balaban J connectivity index is 1.75. The van der Waals surface area contributed by atoms with Crippen LogP contribution in [0.1, 0.15) is 15.9 Å².